The molecule has 98 valence electrons. The van der Waals surface area contributed by atoms with Crippen molar-refractivity contribution < 1.29 is 0 Å². The van der Waals surface area contributed by atoms with Crippen molar-refractivity contribution >= 4 is 31.5 Å². The van der Waals surface area contributed by atoms with Gasteiger partial charge in [-0.15, -0.1) is 11.3 Å². The molecule has 0 atom stereocenters. The molecule has 0 amide bonds. The van der Waals surface area contributed by atoms with Crippen LogP contribution in [0.2, 0.25) is 0 Å². The van der Waals surface area contributed by atoms with Crippen LogP contribution in [0.25, 0.3) is 20.2 Å². The van der Waals surface area contributed by atoms with E-state index in [0.717, 1.165) is 25.7 Å². The zero-order valence-electron chi connectivity index (χ0n) is 11.8. The SMILES string of the molecule is CC.Cc1ccc2c(=O)c3cc(C)ccc3sc2c1. The molecule has 0 unspecified atom stereocenters. The van der Waals surface area contributed by atoms with Crippen molar-refractivity contribution in [3.05, 3.63) is 57.7 Å². The highest BCUT2D eigenvalue weighted by Gasteiger charge is 2.05. The van der Waals surface area contributed by atoms with Crippen LogP contribution in [0.4, 0.5) is 0 Å². The van der Waals surface area contributed by atoms with Crippen LogP contribution in [0, 0.1) is 13.8 Å². The first-order chi connectivity index (χ1) is 9.15. The highest BCUT2D eigenvalue weighted by molar-refractivity contribution is 7.24. The molecule has 0 aliphatic heterocycles. The molecule has 0 fully saturated rings. The van der Waals surface area contributed by atoms with Gasteiger partial charge in [-0.25, -0.2) is 0 Å². The predicted octanol–water partition coefficient (Wildman–Crippen LogP) is 5.06. The topological polar surface area (TPSA) is 17.1 Å². The molecule has 0 aliphatic carbocycles. The summed E-state index contributed by atoms with van der Waals surface area (Å²) in [7, 11) is 0. The summed E-state index contributed by atoms with van der Waals surface area (Å²) in [6.07, 6.45) is 0. The van der Waals surface area contributed by atoms with Gasteiger partial charge in [-0.05, 0) is 43.7 Å². The van der Waals surface area contributed by atoms with E-state index in [1.807, 2.05) is 45.0 Å². The molecule has 19 heavy (non-hydrogen) atoms. The van der Waals surface area contributed by atoms with Crippen LogP contribution in [0.5, 0.6) is 0 Å². The Morgan fingerprint density at radius 2 is 1.42 bits per heavy atom. The summed E-state index contributed by atoms with van der Waals surface area (Å²) in [5, 5.41) is 1.67. The maximum absolute atomic E-state index is 12.4. The van der Waals surface area contributed by atoms with Crippen LogP contribution >= 0.6 is 11.3 Å². The first-order valence-corrected chi connectivity index (χ1v) is 7.40. The molecule has 2 aromatic carbocycles. The molecule has 3 rings (SSSR count). The van der Waals surface area contributed by atoms with Gasteiger partial charge in [0.15, 0.2) is 5.43 Å². The average molecular weight is 270 g/mol. The van der Waals surface area contributed by atoms with Gasteiger partial charge in [-0.1, -0.05) is 31.5 Å². The molecule has 0 bridgehead atoms. The second-order valence-corrected chi connectivity index (χ2v) is 5.51. The number of hydrogen-bond donors (Lipinski definition) is 0. The van der Waals surface area contributed by atoms with E-state index in [-0.39, 0.29) is 5.43 Å². The summed E-state index contributed by atoms with van der Waals surface area (Å²) in [6.45, 7) is 8.07. The van der Waals surface area contributed by atoms with E-state index in [0.29, 0.717) is 0 Å². The van der Waals surface area contributed by atoms with E-state index in [9.17, 15) is 4.79 Å². The predicted molar refractivity (Wildman–Crippen MR) is 86.4 cm³/mol. The van der Waals surface area contributed by atoms with Crippen LogP contribution < -0.4 is 5.43 Å². The second-order valence-electron chi connectivity index (χ2n) is 4.43. The number of benzene rings is 2. The van der Waals surface area contributed by atoms with E-state index >= 15 is 0 Å². The molecule has 1 aromatic heterocycles. The summed E-state index contributed by atoms with van der Waals surface area (Å²) in [4.78, 5) is 12.4. The summed E-state index contributed by atoms with van der Waals surface area (Å²) in [6, 6.07) is 12.1. The van der Waals surface area contributed by atoms with Gasteiger partial charge in [0.2, 0.25) is 0 Å². The van der Waals surface area contributed by atoms with Crippen LogP contribution in [-0.4, -0.2) is 0 Å². The third-order valence-electron chi connectivity index (χ3n) is 2.98. The minimum atomic E-state index is 0.150. The van der Waals surface area contributed by atoms with Gasteiger partial charge in [0.05, 0.1) is 0 Å². The Balaban J connectivity index is 0.000000637. The summed E-state index contributed by atoms with van der Waals surface area (Å²) >= 11 is 1.69. The van der Waals surface area contributed by atoms with E-state index in [4.69, 9.17) is 0 Å². The largest absolute Gasteiger partial charge is 0.289 e. The molecule has 0 saturated carbocycles. The minimum absolute atomic E-state index is 0.150. The lowest BCUT2D eigenvalue weighted by Gasteiger charge is -2.02. The molecule has 1 heterocycles. The maximum Gasteiger partial charge on any atom is 0.195 e. The Hall–Kier alpha value is -1.67. The highest BCUT2D eigenvalue weighted by Crippen LogP contribution is 2.25. The molecule has 0 aliphatic rings. The van der Waals surface area contributed by atoms with Gasteiger partial charge in [0, 0.05) is 20.2 Å². The lowest BCUT2D eigenvalue weighted by Crippen LogP contribution is -2.01. The van der Waals surface area contributed by atoms with Gasteiger partial charge in [0.1, 0.15) is 0 Å². The minimum Gasteiger partial charge on any atom is -0.289 e. The molecule has 2 heteroatoms. The van der Waals surface area contributed by atoms with E-state index in [1.54, 1.807) is 11.3 Å². The maximum atomic E-state index is 12.4. The number of fused-ring (bicyclic) bond motifs is 2. The highest BCUT2D eigenvalue weighted by atomic mass is 32.1. The zero-order valence-corrected chi connectivity index (χ0v) is 12.6. The van der Waals surface area contributed by atoms with E-state index in [2.05, 4.69) is 19.1 Å². The zero-order chi connectivity index (χ0) is 14.0. The Kier molecular flexibility index (Phi) is 4.01. The average Bonchev–Trinajstić information content (AvgIpc) is 2.42. The molecule has 3 aromatic rings. The Morgan fingerprint density at radius 3 is 2.16 bits per heavy atom. The molecular formula is C17H18OS. The summed E-state index contributed by atoms with van der Waals surface area (Å²) < 4.78 is 2.14. The second kappa shape index (κ2) is 5.54. The first kappa shape index (κ1) is 13.8. The van der Waals surface area contributed by atoms with Crippen LogP contribution in [-0.2, 0) is 0 Å². The molecule has 0 radical (unpaired) electrons. The van der Waals surface area contributed by atoms with E-state index in [1.165, 1.54) is 5.56 Å². The lowest BCUT2D eigenvalue weighted by molar-refractivity contribution is 1.50. The summed E-state index contributed by atoms with van der Waals surface area (Å²) in [5.74, 6) is 0. The number of aryl methyl sites for hydroxylation is 2. The summed E-state index contributed by atoms with van der Waals surface area (Å²) in [5.41, 5.74) is 2.48. The molecule has 0 N–H and O–H groups in total. The Bertz CT molecular complexity index is 784. The van der Waals surface area contributed by atoms with Gasteiger partial charge in [-0.2, -0.15) is 0 Å². The normalized spacial score (nSPS) is 10.3. The van der Waals surface area contributed by atoms with Crippen LogP contribution in [0.1, 0.15) is 25.0 Å². The van der Waals surface area contributed by atoms with Crippen molar-refractivity contribution in [3.8, 4) is 0 Å². The van der Waals surface area contributed by atoms with Crippen LogP contribution in [0.15, 0.2) is 41.2 Å². The number of hydrogen-bond acceptors (Lipinski definition) is 2. The fourth-order valence-electron chi connectivity index (χ4n) is 2.08. The van der Waals surface area contributed by atoms with Crippen molar-refractivity contribution in [1.29, 1.82) is 0 Å². The third kappa shape index (κ3) is 2.54. The molecule has 1 nitrogen and oxygen atoms in total. The van der Waals surface area contributed by atoms with E-state index < -0.39 is 0 Å². The molecule has 0 saturated heterocycles. The monoisotopic (exact) mass is 270 g/mol. The van der Waals surface area contributed by atoms with Crippen molar-refractivity contribution in [2.75, 3.05) is 0 Å². The third-order valence-corrected chi connectivity index (χ3v) is 4.11. The lowest BCUT2D eigenvalue weighted by atomic mass is 10.1. The number of rotatable bonds is 0. The molecular weight excluding hydrogens is 252 g/mol. The van der Waals surface area contributed by atoms with Crippen molar-refractivity contribution in [2.45, 2.75) is 27.7 Å². The van der Waals surface area contributed by atoms with Gasteiger partial charge < -0.3 is 0 Å². The Morgan fingerprint density at radius 1 is 0.789 bits per heavy atom. The van der Waals surface area contributed by atoms with Crippen LogP contribution in [0.3, 0.4) is 0 Å². The standard InChI is InChI=1S/C15H12OS.C2H6/c1-9-4-6-13-12(7-9)15(16)11-5-3-10(2)8-14(11)17-13;1-2/h3-8H,1-2H3;1-2H3. The van der Waals surface area contributed by atoms with Crippen molar-refractivity contribution in [3.63, 3.8) is 0 Å². The Labute approximate surface area is 117 Å². The quantitative estimate of drug-likeness (QED) is 0.522. The van der Waals surface area contributed by atoms with Crippen molar-refractivity contribution in [1.82, 2.24) is 0 Å². The molecule has 0 spiro atoms. The fraction of sp³-hybridized carbons (Fsp3) is 0.235. The smallest absolute Gasteiger partial charge is 0.195 e. The van der Waals surface area contributed by atoms with Crippen molar-refractivity contribution in [2.24, 2.45) is 0 Å². The van der Waals surface area contributed by atoms with Gasteiger partial charge in [-0.3, -0.25) is 4.79 Å². The first-order valence-electron chi connectivity index (χ1n) is 6.59. The fourth-order valence-corrected chi connectivity index (χ4v) is 3.23. The van der Waals surface area contributed by atoms with Gasteiger partial charge in [0.25, 0.3) is 0 Å². The van der Waals surface area contributed by atoms with Gasteiger partial charge >= 0.3 is 0 Å².